The van der Waals surface area contributed by atoms with Crippen LogP contribution in [0, 0.1) is 5.92 Å². The van der Waals surface area contributed by atoms with Crippen LogP contribution < -0.4 is 0 Å². The van der Waals surface area contributed by atoms with Crippen LogP contribution in [0.25, 0.3) is 22.3 Å². The first kappa shape index (κ1) is 17.9. The van der Waals surface area contributed by atoms with Gasteiger partial charge in [-0.25, -0.2) is 9.97 Å². The molecule has 0 bridgehead atoms. The van der Waals surface area contributed by atoms with Gasteiger partial charge >= 0.3 is 0 Å². The van der Waals surface area contributed by atoms with E-state index >= 15 is 0 Å². The average molecular weight is 375 g/mol. The van der Waals surface area contributed by atoms with E-state index in [9.17, 15) is 0 Å². The van der Waals surface area contributed by atoms with Crippen LogP contribution in [0.5, 0.6) is 0 Å². The van der Waals surface area contributed by atoms with Crippen molar-refractivity contribution in [3.8, 4) is 11.4 Å². The largest absolute Gasteiger partial charge is 0.483 e. The Balaban J connectivity index is 0.000000604. The molecule has 142 valence electrons. The van der Waals surface area contributed by atoms with Gasteiger partial charge in [-0.2, -0.15) is 0 Å². The first-order valence-corrected chi connectivity index (χ1v) is 9.16. The summed E-state index contributed by atoms with van der Waals surface area (Å²) in [6.45, 7) is -0.250. The van der Waals surface area contributed by atoms with Crippen molar-refractivity contribution in [2.24, 2.45) is 13.0 Å². The Bertz CT molecular complexity index is 1100. The maximum atomic E-state index is 8.36. The number of hydrogen-bond acceptors (Lipinski definition) is 4. The second kappa shape index (κ2) is 7.64. The number of aryl methyl sites for hydroxylation is 1. The highest BCUT2D eigenvalue weighted by atomic mass is 16.3. The van der Waals surface area contributed by atoms with Gasteiger partial charge in [-0.3, -0.25) is 9.78 Å². The Kier molecular flexibility index (Phi) is 4.89. The van der Waals surface area contributed by atoms with Gasteiger partial charge in [0.15, 0.2) is 0 Å². The van der Waals surface area contributed by atoms with Crippen LogP contribution in [0.2, 0.25) is 0 Å². The standard InChI is InChI=1S/C20H19N5.CH2O2/c1-24-11-9-23-20(24)18(15-5-6-15)25-12-10-22-19(25)16-7-4-14-3-2-8-21-17(14)13-16;2-1-3/h2-4,7-13,15,18H,5-6H2,1H3;1H,(H,2,3). The highest BCUT2D eigenvalue weighted by Gasteiger charge is 2.37. The number of carboxylic acid groups (broad SMARTS) is 1. The molecule has 3 aromatic heterocycles. The fourth-order valence-electron chi connectivity index (χ4n) is 3.60. The van der Waals surface area contributed by atoms with E-state index in [0.717, 1.165) is 28.1 Å². The van der Waals surface area contributed by atoms with Crippen molar-refractivity contribution in [2.45, 2.75) is 18.9 Å². The molecule has 1 aliphatic carbocycles. The third-order valence-electron chi connectivity index (χ3n) is 5.02. The summed E-state index contributed by atoms with van der Waals surface area (Å²) >= 11 is 0. The number of nitrogens with zero attached hydrogens (tertiary/aromatic N) is 5. The predicted octanol–water partition coefficient (Wildman–Crippen LogP) is 3.53. The maximum absolute atomic E-state index is 8.36. The number of benzene rings is 1. The van der Waals surface area contributed by atoms with Crippen molar-refractivity contribution in [1.82, 2.24) is 24.1 Å². The number of carbonyl (C=O) groups is 1. The van der Waals surface area contributed by atoms with Gasteiger partial charge in [0, 0.05) is 49.0 Å². The van der Waals surface area contributed by atoms with Crippen LogP contribution in [0.4, 0.5) is 0 Å². The van der Waals surface area contributed by atoms with Gasteiger partial charge in [0.1, 0.15) is 11.6 Å². The molecule has 5 rings (SSSR count). The third kappa shape index (κ3) is 3.38. The van der Waals surface area contributed by atoms with Gasteiger partial charge in [0.25, 0.3) is 6.47 Å². The molecule has 4 aromatic rings. The molecule has 1 aliphatic rings. The zero-order valence-electron chi connectivity index (χ0n) is 15.5. The summed E-state index contributed by atoms with van der Waals surface area (Å²) in [7, 11) is 2.06. The molecule has 1 saturated carbocycles. The van der Waals surface area contributed by atoms with E-state index < -0.39 is 0 Å². The SMILES string of the molecule is Cn1ccnc1C(C1CC1)n1ccnc1-c1ccc2cccnc2c1.O=CO. The Labute approximate surface area is 162 Å². The number of hydrogen-bond donors (Lipinski definition) is 1. The normalized spacial score (nSPS) is 14.3. The summed E-state index contributed by atoms with van der Waals surface area (Å²) in [5.74, 6) is 2.71. The summed E-state index contributed by atoms with van der Waals surface area (Å²) in [4.78, 5) is 22.1. The zero-order valence-corrected chi connectivity index (χ0v) is 15.5. The van der Waals surface area contributed by atoms with Gasteiger partial charge in [-0.1, -0.05) is 18.2 Å². The average Bonchev–Trinajstić information content (AvgIpc) is 3.27. The van der Waals surface area contributed by atoms with Crippen molar-refractivity contribution in [3.05, 3.63) is 67.1 Å². The zero-order chi connectivity index (χ0) is 19.5. The fraction of sp³-hybridized carbons (Fsp3) is 0.238. The van der Waals surface area contributed by atoms with Gasteiger partial charge in [-0.15, -0.1) is 0 Å². The molecule has 3 heterocycles. The lowest BCUT2D eigenvalue weighted by Crippen LogP contribution is -2.17. The Morgan fingerprint density at radius 1 is 1.11 bits per heavy atom. The lowest BCUT2D eigenvalue weighted by molar-refractivity contribution is -0.122. The van der Waals surface area contributed by atoms with Crippen LogP contribution in [0.1, 0.15) is 24.7 Å². The minimum atomic E-state index is -0.250. The molecule has 1 atom stereocenters. The van der Waals surface area contributed by atoms with E-state index in [1.165, 1.54) is 12.8 Å². The summed E-state index contributed by atoms with van der Waals surface area (Å²) in [6.07, 6.45) is 12.2. The molecule has 0 saturated heterocycles. The van der Waals surface area contributed by atoms with E-state index in [1.807, 2.05) is 30.9 Å². The van der Waals surface area contributed by atoms with Gasteiger partial charge in [0.05, 0.1) is 11.6 Å². The monoisotopic (exact) mass is 375 g/mol. The predicted molar refractivity (Wildman–Crippen MR) is 106 cm³/mol. The van der Waals surface area contributed by atoms with Crippen molar-refractivity contribution >= 4 is 17.4 Å². The van der Waals surface area contributed by atoms with Crippen LogP contribution >= 0.6 is 0 Å². The maximum Gasteiger partial charge on any atom is 0.290 e. The molecule has 1 fully saturated rings. The molecule has 1 unspecified atom stereocenters. The molecule has 7 nitrogen and oxygen atoms in total. The second-order valence-electron chi connectivity index (χ2n) is 6.85. The molecule has 1 N–H and O–H groups in total. The number of imidazole rings is 2. The molecule has 0 spiro atoms. The quantitative estimate of drug-likeness (QED) is 0.552. The van der Waals surface area contributed by atoms with Crippen molar-refractivity contribution in [2.75, 3.05) is 0 Å². The third-order valence-corrected chi connectivity index (χ3v) is 5.02. The second-order valence-corrected chi connectivity index (χ2v) is 6.85. The van der Waals surface area contributed by atoms with E-state index in [1.54, 1.807) is 0 Å². The highest BCUT2D eigenvalue weighted by Crippen LogP contribution is 2.44. The van der Waals surface area contributed by atoms with E-state index in [4.69, 9.17) is 9.90 Å². The van der Waals surface area contributed by atoms with Crippen LogP contribution in [-0.2, 0) is 11.8 Å². The summed E-state index contributed by atoms with van der Waals surface area (Å²) in [5.41, 5.74) is 2.09. The summed E-state index contributed by atoms with van der Waals surface area (Å²) in [5, 5.41) is 8.03. The molecule has 0 amide bonds. The van der Waals surface area contributed by atoms with Crippen molar-refractivity contribution in [1.29, 1.82) is 0 Å². The summed E-state index contributed by atoms with van der Waals surface area (Å²) < 4.78 is 4.40. The Hall–Kier alpha value is -3.48. The fourth-order valence-corrected chi connectivity index (χ4v) is 3.60. The van der Waals surface area contributed by atoms with Gasteiger partial charge < -0.3 is 14.2 Å². The van der Waals surface area contributed by atoms with Gasteiger partial charge in [0.2, 0.25) is 0 Å². The minimum absolute atomic E-state index is 0.233. The molecular weight excluding hydrogens is 354 g/mol. The Morgan fingerprint density at radius 3 is 2.61 bits per heavy atom. The van der Waals surface area contributed by atoms with Crippen molar-refractivity contribution < 1.29 is 9.90 Å². The van der Waals surface area contributed by atoms with Crippen molar-refractivity contribution in [3.63, 3.8) is 0 Å². The van der Waals surface area contributed by atoms with Crippen LogP contribution in [0.3, 0.4) is 0 Å². The number of pyridine rings is 1. The smallest absolute Gasteiger partial charge is 0.290 e. The van der Waals surface area contributed by atoms with E-state index in [0.29, 0.717) is 5.92 Å². The van der Waals surface area contributed by atoms with Gasteiger partial charge in [-0.05, 0) is 30.9 Å². The lowest BCUT2D eigenvalue weighted by atomic mass is 10.1. The van der Waals surface area contributed by atoms with E-state index in [2.05, 4.69) is 61.6 Å². The molecule has 28 heavy (non-hydrogen) atoms. The number of fused-ring (bicyclic) bond motifs is 1. The number of rotatable bonds is 4. The van der Waals surface area contributed by atoms with Crippen LogP contribution in [-0.4, -0.2) is 35.7 Å². The molecular formula is C21H21N5O2. The number of aromatic nitrogens is 5. The topological polar surface area (TPSA) is 85.8 Å². The lowest BCUT2D eigenvalue weighted by Gasteiger charge is -2.20. The van der Waals surface area contributed by atoms with Crippen LogP contribution in [0.15, 0.2) is 61.3 Å². The highest BCUT2D eigenvalue weighted by molar-refractivity contribution is 5.82. The Morgan fingerprint density at radius 2 is 1.89 bits per heavy atom. The first-order valence-electron chi connectivity index (χ1n) is 9.16. The first-order chi connectivity index (χ1) is 13.7. The van der Waals surface area contributed by atoms with E-state index in [-0.39, 0.29) is 12.5 Å². The molecule has 0 radical (unpaired) electrons. The molecule has 1 aromatic carbocycles. The summed E-state index contributed by atoms with van der Waals surface area (Å²) in [6, 6.07) is 10.6. The minimum Gasteiger partial charge on any atom is -0.483 e. The molecule has 0 aliphatic heterocycles. The molecule has 7 heteroatoms.